The van der Waals surface area contributed by atoms with Crippen molar-refractivity contribution in [3.05, 3.63) is 47.3 Å². The molecule has 2 amide bonds. The van der Waals surface area contributed by atoms with Crippen molar-refractivity contribution < 1.29 is 14.1 Å². The van der Waals surface area contributed by atoms with Crippen molar-refractivity contribution in [3.63, 3.8) is 0 Å². The number of carbonyl (C=O) groups is 2. The van der Waals surface area contributed by atoms with Crippen molar-refractivity contribution >= 4 is 17.5 Å². The van der Waals surface area contributed by atoms with Gasteiger partial charge in [0.25, 0.3) is 5.91 Å². The third kappa shape index (κ3) is 7.92. The Morgan fingerprint density at radius 2 is 1.69 bits per heavy atom. The minimum absolute atomic E-state index is 0.138. The van der Waals surface area contributed by atoms with E-state index in [0.29, 0.717) is 37.9 Å². The van der Waals surface area contributed by atoms with E-state index in [0.717, 1.165) is 49.4 Å². The molecule has 7 nitrogen and oxygen atoms in total. The Balaban J connectivity index is 1.95. The lowest BCUT2D eigenvalue weighted by molar-refractivity contribution is -0.119. The van der Waals surface area contributed by atoms with Crippen LogP contribution in [0.4, 0.5) is 5.69 Å². The number of hydrogen-bond acceptors (Lipinski definition) is 5. The summed E-state index contributed by atoms with van der Waals surface area (Å²) in [5.74, 6) is 1.49. The largest absolute Gasteiger partial charge is 0.351 e. The molecule has 2 aromatic rings. The van der Waals surface area contributed by atoms with Crippen LogP contribution in [0.5, 0.6) is 0 Å². The molecule has 0 spiro atoms. The summed E-state index contributed by atoms with van der Waals surface area (Å²) in [6.45, 7) is 17.1. The van der Waals surface area contributed by atoms with E-state index in [1.54, 1.807) is 6.07 Å². The molecule has 0 saturated carbocycles. The molecule has 0 atom stereocenters. The molecule has 1 aliphatic rings. The van der Waals surface area contributed by atoms with Gasteiger partial charge in [0, 0.05) is 50.9 Å². The standard InChI is InChI=1S/C29H44N4O3/c1-21(2)16-25-18-27(36-30-25)29(35)32-15-14-31(19-23(5)6)12-9-13-33(28(34)17-22(3)4)26-11-8-7-10-24(26)20-32/h7-8,10-11,18,21-23H,9,12-17,19-20H2,1-6H3. The second-order valence-corrected chi connectivity index (χ2v) is 11.3. The smallest absolute Gasteiger partial charge is 0.292 e. The Kier molecular flexibility index (Phi) is 10.1. The molecular weight excluding hydrogens is 452 g/mol. The third-order valence-corrected chi connectivity index (χ3v) is 6.37. The second kappa shape index (κ2) is 13.0. The highest BCUT2D eigenvalue weighted by Crippen LogP contribution is 2.26. The Labute approximate surface area is 216 Å². The molecule has 0 unspecified atom stereocenters. The maximum Gasteiger partial charge on any atom is 0.292 e. The van der Waals surface area contributed by atoms with Crippen molar-refractivity contribution in [1.82, 2.24) is 15.0 Å². The summed E-state index contributed by atoms with van der Waals surface area (Å²) in [6, 6.07) is 9.77. The number of fused-ring (bicyclic) bond motifs is 1. The maximum atomic E-state index is 13.6. The lowest BCUT2D eigenvalue weighted by atomic mass is 10.1. The van der Waals surface area contributed by atoms with Crippen LogP contribution in [0.15, 0.2) is 34.9 Å². The zero-order valence-electron chi connectivity index (χ0n) is 23.0. The van der Waals surface area contributed by atoms with Gasteiger partial charge in [-0.05, 0) is 48.8 Å². The van der Waals surface area contributed by atoms with Crippen LogP contribution >= 0.6 is 0 Å². The molecule has 2 heterocycles. The van der Waals surface area contributed by atoms with Crippen LogP contribution < -0.4 is 4.90 Å². The number of anilines is 1. The van der Waals surface area contributed by atoms with Gasteiger partial charge >= 0.3 is 0 Å². The molecule has 3 rings (SSSR count). The molecule has 0 fully saturated rings. The van der Waals surface area contributed by atoms with Crippen molar-refractivity contribution in [1.29, 1.82) is 0 Å². The monoisotopic (exact) mass is 496 g/mol. The molecule has 36 heavy (non-hydrogen) atoms. The molecular formula is C29H44N4O3. The summed E-state index contributed by atoms with van der Waals surface area (Å²) in [7, 11) is 0. The van der Waals surface area contributed by atoms with Gasteiger partial charge in [-0.15, -0.1) is 0 Å². The lowest BCUT2D eigenvalue weighted by Gasteiger charge is -2.28. The highest BCUT2D eigenvalue weighted by Gasteiger charge is 2.26. The molecule has 0 aliphatic carbocycles. The number of carbonyl (C=O) groups excluding carboxylic acids is 2. The predicted molar refractivity (Wildman–Crippen MR) is 144 cm³/mol. The van der Waals surface area contributed by atoms with Crippen LogP contribution in [-0.2, 0) is 17.8 Å². The van der Waals surface area contributed by atoms with Crippen molar-refractivity contribution in [2.45, 2.75) is 67.3 Å². The maximum absolute atomic E-state index is 13.6. The second-order valence-electron chi connectivity index (χ2n) is 11.3. The summed E-state index contributed by atoms with van der Waals surface area (Å²) < 4.78 is 5.50. The van der Waals surface area contributed by atoms with E-state index in [4.69, 9.17) is 4.52 Å². The Morgan fingerprint density at radius 1 is 0.944 bits per heavy atom. The van der Waals surface area contributed by atoms with Crippen LogP contribution in [0, 0.1) is 17.8 Å². The van der Waals surface area contributed by atoms with Crippen LogP contribution in [-0.4, -0.2) is 59.5 Å². The molecule has 1 aromatic heterocycles. The fourth-order valence-electron chi connectivity index (χ4n) is 4.81. The van der Waals surface area contributed by atoms with Gasteiger partial charge < -0.3 is 19.2 Å². The summed E-state index contributed by atoms with van der Waals surface area (Å²) in [4.78, 5) is 33.2. The molecule has 198 valence electrons. The van der Waals surface area contributed by atoms with Gasteiger partial charge in [0.1, 0.15) is 0 Å². The minimum Gasteiger partial charge on any atom is -0.351 e. The molecule has 0 N–H and O–H groups in total. The van der Waals surface area contributed by atoms with Crippen LogP contribution in [0.25, 0.3) is 0 Å². The summed E-state index contributed by atoms with van der Waals surface area (Å²) in [5.41, 5.74) is 2.68. The number of nitrogens with zero attached hydrogens (tertiary/aromatic N) is 4. The fourth-order valence-corrected chi connectivity index (χ4v) is 4.81. The first-order chi connectivity index (χ1) is 17.1. The molecule has 0 bridgehead atoms. The Hall–Kier alpha value is -2.67. The van der Waals surface area contributed by atoms with Gasteiger partial charge in [0.15, 0.2) is 0 Å². The SMILES string of the molecule is CC(C)CC(=O)N1CCCN(CC(C)C)CCN(C(=O)c2cc(CC(C)C)no2)Cc2ccccc21. The van der Waals surface area contributed by atoms with Gasteiger partial charge in [-0.3, -0.25) is 9.59 Å². The quantitative estimate of drug-likeness (QED) is 0.523. The first-order valence-electron chi connectivity index (χ1n) is 13.5. The van der Waals surface area contributed by atoms with E-state index in [1.807, 2.05) is 34.1 Å². The summed E-state index contributed by atoms with van der Waals surface area (Å²) in [6.07, 6.45) is 2.16. The van der Waals surface area contributed by atoms with E-state index in [1.165, 1.54) is 0 Å². The van der Waals surface area contributed by atoms with Gasteiger partial charge in [-0.25, -0.2) is 0 Å². The Bertz CT molecular complexity index is 998. The number of amides is 2. The Morgan fingerprint density at radius 3 is 2.39 bits per heavy atom. The molecule has 0 radical (unpaired) electrons. The van der Waals surface area contributed by atoms with Gasteiger partial charge in [-0.1, -0.05) is 64.9 Å². The van der Waals surface area contributed by atoms with E-state index in [2.05, 4.69) is 51.6 Å². The van der Waals surface area contributed by atoms with Crippen LogP contribution in [0.2, 0.25) is 0 Å². The lowest BCUT2D eigenvalue weighted by Crippen LogP contribution is -2.40. The average Bonchev–Trinajstić information content (AvgIpc) is 3.24. The first kappa shape index (κ1) is 27.9. The van der Waals surface area contributed by atoms with Gasteiger partial charge in [-0.2, -0.15) is 0 Å². The number of rotatable bonds is 7. The summed E-state index contributed by atoms with van der Waals surface area (Å²) >= 11 is 0. The average molecular weight is 497 g/mol. The minimum atomic E-state index is -0.156. The van der Waals surface area contributed by atoms with E-state index in [-0.39, 0.29) is 23.5 Å². The normalized spacial score (nSPS) is 15.9. The molecule has 1 aliphatic heterocycles. The van der Waals surface area contributed by atoms with Crippen molar-refractivity contribution in [2.24, 2.45) is 17.8 Å². The van der Waals surface area contributed by atoms with Crippen LogP contribution in [0.1, 0.15) is 76.2 Å². The van der Waals surface area contributed by atoms with E-state index >= 15 is 0 Å². The molecule has 0 saturated heterocycles. The molecule has 1 aromatic carbocycles. The highest BCUT2D eigenvalue weighted by atomic mass is 16.5. The van der Waals surface area contributed by atoms with E-state index < -0.39 is 0 Å². The van der Waals surface area contributed by atoms with E-state index in [9.17, 15) is 9.59 Å². The molecule has 7 heteroatoms. The fraction of sp³-hybridized carbons (Fsp3) is 0.621. The zero-order chi connectivity index (χ0) is 26.2. The predicted octanol–water partition coefficient (Wildman–Crippen LogP) is 5.26. The third-order valence-electron chi connectivity index (χ3n) is 6.37. The zero-order valence-corrected chi connectivity index (χ0v) is 23.0. The first-order valence-corrected chi connectivity index (χ1v) is 13.5. The number of aromatic nitrogens is 1. The van der Waals surface area contributed by atoms with Gasteiger partial charge in [0.05, 0.1) is 5.69 Å². The highest BCUT2D eigenvalue weighted by molar-refractivity contribution is 5.95. The van der Waals surface area contributed by atoms with Crippen molar-refractivity contribution in [2.75, 3.05) is 37.6 Å². The topological polar surface area (TPSA) is 69.9 Å². The van der Waals surface area contributed by atoms with Crippen LogP contribution in [0.3, 0.4) is 0 Å². The number of hydrogen-bond donors (Lipinski definition) is 0. The van der Waals surface area contributed by atoms with Crippen molar-refractivity contribution in [3.8, 4) is 0 Å². The number of para-hydroxylation sites is 1. The summed E-state index contributed by atoms with van der Waals surface area (Å²) in [5, 5.41) is 4.14. The van der Waals surface area contributed by atoms with Gasteiger partial charge in [0.2, 0.25) is 11.7 Å². The number of benzene rings is 1.